The predicted molar refractivity (Wildman–Crippen MR) is 154 cm³/mol. The minimum atomic E-state index is -1.18. The van der Waals surface area contributed by atoms with Gasteiger partial charge in [0, 0.05) is 42.0 Å². The van der Waals surface area contributed by atoms with E-state index in [9.17, 15) is 19.5 Å². The van der Waals surface area contributed by atoms with E-state index in [1.165, 1.54) is 26.4 Å². The van der Waals surface area contributed by atoms with Gasteiger partial charge in [-0.1, -0.05) is 59.6 Å². The fourth-order valence-corrected chi connectivity index (χ4v) is 4.64. The second-order valence-corrected chi connectivity index (χ2v) is 9.54. The molecule has 1 amide bonds. The van der Waals surface area contributed by atoms with Gasteiger partial charge < -0.3 is 20.3 Å². The third kappa shape index (κ3) is 6.39. The Labute approximate surface area is 244 Å². The molecule has 41 heavy (non-hydrogen) atoms. The van der Waals surface area contributed by atoms with E-state index in [0.29, 0.717) is 33.0 Å². The van der Waals surface area contributed by atoms with Gasteiger partial charge in [-0.3, -0.25) is 19.7 Å². The Morgan fingerprint density at radius 3 is 2.39 bits per heavy atom. The maximum atomic E-state index is 12.8. The molecule has 0 bridgehead atoms. The van der Waals surface area contributed by atoms with E-state index in [1.807, 2.05) is 0 Å². The summed E-state index contributed by atoms with van der Waals surface area (Å²) in [6.45, 7) is -0.470. The first kappa shape index (κ1) is 29.7. The van der Waals surface area contributed by atoms with Crippen molar-refractivity contribution in [1.82, 2.24) is 20.1 Å². The summed E-state index contributed by atoms with van der Waals surface area (Å²) in [7, 11) is 2.89. The van der Waals surface area contributed by atoms with Crippen LogP contribution in [0, 0.1) is 0 Å². The summed E-state index contributed by atoms with van der Waals surface area (Å²) in [4.78, 5) is 40.9. The third-order valence-electron chi connectivity index (χ3n) is 6.21. The Bertz CT molecular complexity index is 1680. The molecule has 1 unspecified atom stereocenters. The van der Waals surface area contributed by atoms with Crippen LogP contribution in [0.4, 0.5) is 5.69 Å². The summed E-state index contributed by atoms with van der Waals surface area (Å²) in [5.41, 5.74) is 2.41. The number of amides is 1. The molecule has 11 nitrogen and oxygen atoms in total. The number of methoxy groups -OCH3 is 1. The molecule has 0 fully saturated rings. The van der Waals surface area contributed by atoms with E-state index in [2.05, 4.69) is 20.7 Å². The van der Waals surface area contributed by atoms with Gasteiger partial charge in [-0.05, 0) is 18.2 Å². The zero-order valence-corrected chi connectivity index (χ0v) is 23.4. The van der Waals surface area contributed by atoms with Crippen molar-refractivity contribution in [3.05, 3.63) is 92.3 Å². The van der Waals surface area contributed by atoms with Crippen LogP contribution in [0.5, 0.6) is 5.88 Å². The number of pyridine rings is 1. The number of aryl methyl sites for hydroxylation is 1. The van der Waals surface area contributed by atoms with Crippen LogP contribution in [0.15, 0.2) is 65.6 Å². The van der Waals surface area contributed by atoms with E-state index >= 15 is 0 Å². The summed E-state index contributed by atoms with van der Waals surface area (Å²) < 4.78 is 6.48. The summed E-state index contributed by atoms with van der Waals surface area (Å²) in [5, 5.41) is 28.2. The number of aromatic nitrogens is 3. The van der Waals surface area contributed by atoms with Crippen LogP contribution in [0.2, 0.25) is 10.0 Å². The quantitative estimate of drug-likeness (QED) is 0.214. The third-order valence-corrected chi connectivity index (χ3v) is 7.03. The van der Waals surface area contributed by atoms with Gasteiger partial charge in [0.2, 0.25) is 5.88 Å². The molecule has 212 valence electrons. The van der Waals surface area contributed by atoms with Crippen LogP contribution in [0.3, 0.4) is 0 Å². The minimum absolute atomic E-state index is 0.0856. The van der Waals surface area contributed by atoms with E-state index in [1.54, 1.807) is 48.5 Å². The van der Waals surface area contributed by atoms with Crippen LogP contribution < -0.4 is 20.9 Å². The molecule has 4 rings (SSSR count). The van der Waals surface area contributed by atoms with Crippen molar-refractivity contribution < 1.29 is 24.5 Å². The molecule has 13 heteroatoms. The summed E-state index contributed by atoms with van der Waals surface area (Å²) >= 11 is 13.6. The molecule has 4 aromatic rings. The lowest BCUT2D eigenvalue weighted by atomic mass is 10.00. The molecule has 0 spiro atoms. The number of nitrogens with zero attached hydrogens (tertiary/aromatic N) is 3. The highest BCUT2D eigenvalue weighted by Crippen LogP contribution is 2.41. The molecule has 0 aliphatic carbocycles. The molecule has 0 aliphatic heterocycles. The Morgan fingerprint density at radius 2 is 1.71 bits per heavy atom. The van der Waals surface area contributed by atoms with Crippen molar-refractivity contribution in [3.63, 3.8) is 0 Å². The number of halogens is 2. The number of carbonyl (C=O) groups is 2. The molecule has 4 N–H and O–H groups in total. The Kier molecular flexibility index (Phi) is 9.35. The van der Waals surface area contributed by atoms with Gasteiger partial charge in [-0.15, -0.1) is 0 Å². The molecule has 2 aromatic heterocycles. The maximum Gasteiger partial charge on any atom is 0.323 e. The second-order valence-electron chi connectivity index (χ2n) is 8.78. The number of carboxylic acids is 1. The van der Waals surface area contributed by atoms with Crippen molar-refractivity contribution in [2.24, 2.45) is 7.05 Å². The lowest BCUT2D eigenvalue weighted by molar-refractivity contribution is -0.140. The van der Waals surface area contributed by atoms with Crippen molar-refractivity contribution in [2.45, 2.75) is 12.6 Å². The Balaban J connectivity index is 1.65. The van der Waals surface area contributed by atoms with Gasteiger partial charge in [-0.25, -0.2) is 9.67 Å². The number of hydrogen-bond donors (Lipinski definition) is 4. The highest BCUT2D eigenvalue weighted by molar-refractivity contribution is 6.39. The van der Waals surface area contributed by atoms with Gasteiger partial charge in [0.25, 0.3) is 11.5 Å². The number of rotatable bonds is 10. The topological polar surface area (TPSA) is 156 Å². The van der Waals surface area contributed by atoms with Crippen molar-refractivity contribution in [3.8, 4) is 28.3 Å². The minimum Gasteiger partial charge on any atom is -0.481 e. The van der Waals surface area contributed by atoms with Gasteiger partial charge in [-0.2, -0.15) is 5.10 Å². The summed E-state index contributed by atoms with van der Waals surface area (Å²) in [6.07, 6.45) is 1.35. The largest absolute Gasteiger partial charge is 0.481 e. The predicted octanol–water partition coefficient (Wildman–Crippen LogP) is 3.61. The zero-order valence-electron chi connectivity index (χ0n) is 21.9. The number of ether oxygens (including phenoxy) is 1. The van der Waals surface area contributed by atoms with E-state index in [4.69, 9.17) is 33.0 Å². The van der Waals surface area contributed by atoms with Gasteiger partial charge >= 0.3 is 5.97 Å². The molecule has 0 saturated heterocycles. The molecular weight excluding hydrogens is 573 g/mol. The summed E-state index contributed by atoms with van der Waals surface area (Å²) in [5.74, 6) is -1.56. The van der Waals surface area contributed by atoms with Crippen LogP contribution in [-0.2, 0) is 18.4 Å². The first-order chi connectivity index (χ1) is 19.7. The number of benzene rings is 2. The number of aliphatic carboxylic acids is 1. The normalized spacial score (nSPS) is 11.6. The average molecular weight is 598 g/mol. The van der Waals surface area contributed by atoms with Crippen molar-refractivity contribution in [1.29, 1.82) is 0 Å². The maximum absolute atomic E-state index is 12.8. The molecule has 2 heterocycles. The SMILES string of the molecule is COc1nc(-c2cccc(-c3cccc(NC(=O)c4ccnn(C)c4=O)c3Cl)c2Cl)ccc1CNC(CO)C(=O)O. The van der Waals surface area contributed by atoms with Crippen molar-refractivity contribution in [2.75, 3.05) is 19.0 Å². The number of aliphatic hydroxyl groups is 1. The smallest absolute Gasteiger partial charge is 0.323 e. The molecule has 0 saturated carbocycles. The number of nitrogens with one attached hydrogen (secondary N) is 2. The van der Waals surface area contributed by atoms with Crippen LogP contribution in [0.25, 0.3) is 22.4 Å². The standard InChI is InChI=1S/C28H25Cl2N5O6/c1-35-27(38)19(11-12-32-35)25(37)33-21-8-4-6-17(24(21)30)16-5-3-7-18(23(16)29)20-10-9-15(26(34-20)41-2)13-31-22(14-36)28(39)40/h3-12,22,31,36H,13-14H2,1-2H3,(H,33,37)(H,39,40). The van der Waals surface area contributed by atoms with Gasteiger partial charge in [0.1, 0.15) is 11.6 Å². The number of anilines is 1. The highest BCUT2D eigenvalue weighted by atomic mass is 35.5. The number of aliphatic hydroxyl groups excluding tert-OH is 1. The fraction of sp³-hybridized carbons (Fsp3) is 0.179. The van der Waals surface area contributed by atoms with E-state index in [0.717, 1.165) is 4.68 Å². The number of hydrogen-bond acceptors (Lipinski definition) is 8. The lowest BCUT2D eigenvalue weighted by Crippen LogP contribution is -2.39. The first-order valence-corrected chi connectivity index (χ1v) is 12.9. The van der Waals surface area contributed by atoms with Gasteiger partial charge in [0.15, 0.2) is 0 Å². The molecule has 0 aliphatic rings. The van der Waals surface area contributed by atoms with Crippen LogP contribution >= 0.6 is 23.2 Å². The fourth-order valence-electron chi connectivity index (χ4n) is 4.04. The Hall–Kier alpha value is -4.29. The lowest BCUT2D eigenvalue weighted by Gasteiger charge is -2.16. The molecule has 0 radical (unpaired) electrons. The Morgan fingerprint density at radius 1 is 1.02 bits per heavy atom. The molecular formula is C28H25Cl2N5O6. The monoisotopic (exact) mass is 597 g/mol. The average Bonchev–Trinajstić information content (AvgIpc) is 2.96. The van der Waals surface area contributed by atoms with Crippen molar-refractivity contribution >= 4 is 40.8 Å². The van der Waals surface area contributed by atoms with Gasteiger partial charge in [0.05, 0.1) is 35.1 Å². The highest BCUT2D eigenvalue weighted by Gasteiger charge is 2.20. The van der Waals surface area contributed by atoms with E-state index < -0.39 is 30.1 Å². The number of carbonyl (C=O) groups excluding carboxylic acids is 1. The molecule has 2 aromatic carbocycles. The molecule has 1 atom stereocenters. The second kappa shape index (κ2) is 12.9. The van der Waals surface area contributed by atoms with E-state index in [-0.39, 0.29) is 28.7 Å². The van der Waals surface area contributed by atoms with Crippen LogP contribution in [-0.4, -0.2) is 56.6 Å². The van der Waals surface area contributed by atoms with Crippen LogP contribution in [0.1, 0.15) is 15.9 Å². The zero-order chi connectivity index (χ0) is 29.7. The number of carboxylic acid groups (broad SMARTS) is 1. The summed E-state index contributed by atoms with van der Waals surface area (Å²) in [6, 6.07) is 14.0. The first-order valence-electron chi connectivity index (χ1n) is 12.2.